The molecule has 21 heavy (non-hydrogen) atoms. The first-order chi connectivity index (χ1) is 10.2. The average Bonchev–Trinajstić information content (AvgIpc) is 2.99. The van der Waals surface area contributed by atoms with Crippen molar-refractivity contribution in [1.29, 1.82) is 0 Å². The molecule has 1 fully saturated rings. The maximum atomic E-state index is 11.4. The third-order valence-corrected chi connectivity index (χ3v) is 3.74. The Labute approximate surface area is 123 Å². The van der Waals surface area contributed by atoms with Crippen LogP contribution in [0.1, 0.15) is 29.6 Å². The third kappa shape index (κ3) is 3.13. The molecule has 3 rings (SSSR count). The number of hydrogen-bond acceptors (Lipinski definition) is 4. The smallest absolute Gasteiger partial charge is 0.339 e. The molecule has 0 amide bonds. The van der Waals surface area contributed by atoms with E-state index in [2.05, 4.69) is 10.3 Å². The lowest BCUT2D eigenvalue weighted by atomic mass is 10.1. The molecule has 1 aliphatic rings. The number of carboxylic acids is 1. The second kappa shape index (κ2) is 6.10. The number of pyridine rings is 1. The van der Waals surface area contributed by atoms with Crippen LogP contribution in [0.15, 0.2) is 30.3 Å². The van der Waals surface area contributed by atoms with E-state index in [1.807, 2.05) is 24.3 Å². The van der Waals surface area contributed by atoms with Crippen molar-refractivity contribution in [1.82, 2.24) is 4.98 Å². The standard InChI is InChI=1S/C16H18N2O3/c19-16(20)13-10-11-4-1-2-6-14(11)18-15(13)17-8-7-12-5-3-9-21-12/h1-2,4,6,10,12H,3,5,7-9H2,(H,17,18)(H,19,20). The maximum absolute atomic E-state index is 11.4. The van der Waals surface area contributed by atoms with E-state index in [9.17, 15) is 9.90 Å². The second-order valence-corrected chi connectivity index (χ2v) is 5.23. The van der Waals surface area contributed by atoms with Gasteiger partial charge in [0.25, 0.3) is 0 Å². The quantitative estimate of drug-likeness (QED) is 0.884. The zero-order chi connectivity index (χ0) is 14.7. The van der Waals surface area contributed by atoms with Crippen LogP contribution in [0.3, 0.4) is 0 Å². The summed E-state index contributed by atoms with van der Waals surface area (Å²) < 4.78 is 5.56. The summed E-state index contributed by atoms with van der Waals surface area (Å²) in [6.07, 6.45) is 3.34. The van der Waals surface area contributed by atoms with Crippen molar-refractivity contribution in [2.24, 2.45) is 0 Å². The number of ether oxygens (including phenoxy) is 1. The van der Waals surface area contributed by atoms with Gasteiger partial charge >= 0.3 is 5.97 Å². The van der Waals surface area contributed by atoms with Crippen molar-refractivity contribution in [3.05, 3.63) is 35.9 Å². The number of rotatable bonds is 5. The highest BCUT2D eigenvalue weighted by atomic mass is 16.5. The minimum absolute atomic E-state index is 0.209. The lowest BCUT2D eigenvalue weighted by molar-refractivity contribution is 0.0698. The number of carbonyl (C=O) groups is 1. The molecule has 1 atom stereocenters. The normalized spacial score (nSPS) is 18.0. The number of aromatic carboxylic acids is 1. The molecule has 2 heterocycles. The Morgan fingerprint density at radius 1 is 1.43 bits per heavy atom. The molecule has 1 aliphatic heterocycles. The molecule has 0 aliphatic carbocycles. The summed E-state index contributed by atoms with van der Waals surface area (Å²) in [5, 5.41) is 13.3. The van der Waals surface area contributed by atoms with E-state index >= 15 is 0 Å². The Hall–Kier alpha value is -2.14. The number of nitrogens with one attached hydrogen (secondary N) is 1. The van der Waals surface area contributed by atoms with Gasteiger partial charge in [0, 0.05) is 18.5 Å². The van der Waals surface area contributed by atoms with Crippen LogP contribution in [0.5, 0.6) is 0 Å². The van der Waals surface area contributed by atoms with E-state index in [0.717, 1.165) is 36.8 Å². The first-order valence-corrected chi connectivity index (χ1v) is 7.22. The first-order valence-electron chi connectivity index (χ1n) is 7.22. The zero-order valence-corrected chi connectivity index (χ0v) is 11.7. The Bertz CT molecular complexity index is 651. The minimum atomic E-state index is -0.965. The molecule has 0 radical (unpaired) electrons. The molecule has 0 saturated carbocycles. The topological polar surface area (TPSA) is 71.5 Å². The van der Waals surface area contributed by atoms with Crippen LogP contribution < -0.4 is 5.32 Å². The highest BCUT2D eigenvalue weighted by molar-refractivity contribution is 5.98. The zero-order valence-electron chi connectivity index (χ0n) is 11.7. The van der Waals surface area contributed by atoms with E-state index in [-0.39, 0.29) is 11.7 Å². The minimum Gasteiger partial charge on any atom is -0.478 e. The summed E-state index contributed by atoms with van der Waals surface area (Å²) in [5.41, 5.74) is 1.00. The van der Waals surface area contributed by atoms with Crippen LogP contribution in [0, 0.1) is 0 Å². The lowest BCUT2D eigenvalue weighted by Gasteiger charge is -2.12. The van der Waals surface area contributed by atoms with Gasteiger partial charge in [-0.25, -0.2) is 9.78 Å². The fourth-order valence-corrected chi connectivity index (χ4v) is 2.64. The third-order valence-electron chi connectivity index (χ3n) is 3.74. The van der Waals surface area contributed by atoms with E-state index in [4.69, 9.17) is 4.74 Å². The summed E-state index contributed by atoms with van der Waals surface area (Å²) in [5.74, 6) is -0.535. The molecule has 1 unspecified atom stereocenters. The van der Waals surface area contributed by atoms with Gasteiger partial charge in [-0.1, -0.05) is 18.2 Å². The molecule has 1 saturated heterocycles. The summed E-state index contributed by atoms with van der Waals surface area (Å²) >= 11 is 0. The van der Waals surface area contributed by atoms with Crippen molar-refractivity contribution in [2.75, 3.05) is 18.5 Å². The number of anilines is 1. The molecule has 0 bridgehead atoms. The summed E-state index contributed by atoms with van der Waals surface area (Å²) in [6.45, 7) is 1.50. The number of hydrogen-bond donors (Lipinski definition) is 2. The van der Waals surface area contributed by atoms with Gasteiger partial charge in [-0.15, -0.1) is 0 Å². The highest BCUT2D eigenvalue weighted by Gasteiger charge is 2.16. The Kier molecular flexibility index (Phi) is 4.01. The van der Waals surface area contributed by atoms with Crippen molar-refractivity contribution >= 4 is 22.7 Å². The SMILES string of the molecule is O=C(O)c1cc2ccccc2nc1NCCC1CCCO1. The average molecular weight is 286 g/mol. The van der Waals surface area contributed by atoms with Gasteiger partial charge < -0.3 is 15.2 Å². The predicted molar refractivity (Wildman–Crippen MR) is 80.8 cm³/mol. The first kappa shape index (κ1) is 13.8. The number of para-hydroxylation sites is 1. The monoisotopic (exact) mass is 286 g/mol. The number of aromatic nitrogens is 1. The summed E-state index contributed by atoms with van der Waals surface area (Å²) in [6, 6.07) is 9.18. The Morgan fingerprint density at radius 3 is 3.05 bits per heavy atom. The molecule has 0 spiro atoms. The van der Waals surface area contributed by atoms with Crippen LogP contribution >= 0.6 is 0 Å². The maximum Gasteiger partial charge on any atom is 0.339 e. The van der Waals surface area contributed by atoms with Gasteiger partial charge in [0.2, 0.25) is 0 Å². The van der Waals surface area contributed by atoms with Gasteiger partial charge in [0.05, 0.1) is 11.6 Å². The largest absolute Gasteiger partial charge is 0.478 e. The van der Waals surface area contributed by atoms with Crippen LogP contribution in [0.4, 0.5) is 5.82 Å². The van der Waals surface area contributed by atoms with Gasteiger partial charge in [0.15, 0.2) is 0 Å². The van der Waals surface area contributed by atoms with Crippen LogP contribution in [0.25, 0.3) is 10.9 Å². The molecule has 2 N–H and O–H groups in total. The Morgan fingerprint density at radius 2 is 2.29 bits per heavy atom. The predicted octanol–water partition coefficient (Wildman–Crippen LogP) is 2.91. The highest BCUT2D eigenvalue weighted by Crippen LogP contribution is 2.21. The second-order valence-electron chi connectivity index (χ2n) is 5.23. The number of benzene rings is 1. The van der Waals surface area contributed by atoms with Gasteiger partial charge in [-0.05, 0) is 31.4 Å². The van der Waals surface area contributed by atoms with Gasteiger partial charge in [-0.2, -0.15) is 0 Å². The van der Waals surface area contributed by atoms with Crippen LogP contribution in [0.2, 0.25) is 0 Å². The lowest BCUT2D eigenvalue weighted by Crippen LogP contribution is -2.15. The van der Waals surface area contributed by atoms with Crippen molar-refractivity contribution in [2.45, 2.75) is 25.4 Å². The van der Waals surface area contributed by atoms with Crippen molar-refractivity contribution in [3.8, 4) is 0 Å². The van der Waals surface area contributed by atoms with Gasteiger partial charge in [-0.3, -0.25) is 0 Å². The van der Waals surface area contributed by atoms with Crippen molar-refractivity contribution < 1.29 is 14.6 Å². The molecule has 2 aromatic rings. The Balaban J connectivity index is 1.78. The molecule has 1 aromatic carbocycles. The number of nitrogens with zero attached hydrogens (tertiary/aromatic N) is 1. The molecular weight excluding hydrogens is 268 g/mol. The van der Waals surface area contributed by atoms with E-state index in [1.165, 1.54) is 0 Å². The fraction of sp³-hybridized carbons (Fsp3) is 0.375. The van der Waals surface area contributed by atoms with E-state index in [0.29, 0.717) is 12.4 Å². The fourth-order valence-electron chi connectivity index (χ4n) is 2.64. The van der Waals surface area contributed by atoms with Crippen LogP contribution in [-0.4, -0.2) is 35.3 Å². The van der Waals surface area contributed by atoms with Gasteiger partial charge in [0.1, 0.15) is 11.4 Å². The molecular formula is C16H18N2O3. The molecule has 110 valence electrons. The molecule has 5 nitrogen and oxygen atoms in total. The molecule has 5 heteroatoms. The summed E-state index contributed by atoms with van der Waals surface area (Å²) in [4.78, 5) is 15.8. The van der Waals surface area contributed by atoms with Crippen LogP contribution in [-0.2, 0) is 4.74 Å². The number of fused-ring (bicyclic) bond motifs is 1. The van der Waals surface area contributed by atoms with E-state index < -0.39 is 5.97 Å². The molecule has 1 aromatic heterocycles. The van der Waals surface area contributed by atoms with Crippen molar-refractivity contribution in [3.63, 3.8) is 0 Å². The summed E-state index contributed by atoms with van der Waals surface area (Å²) in [7, 11) is 0. The number of carboxylic acid groups (broad SMARTS) is 1. The van der Waals surface area contributed by atoms with E-state index in [1.54, 1.807) is 6.07 Å².